The van der Waals surface area contributed by atoms with Gasteiger partial charge in [-0.3, -0.25) is 0 Å². The first-order valence-electron chi connectivity index (χ1n) is 3.32. The molecule has 3 heteroatoms. The van der Waals surface area contributed by atoms with E-state index >= 15 is 0 Å². The smallest absolute Gasteiger partial charge is 0.137 e. The lowest BCUT2D eigenvalue weighted by atomic mass is 10.1. The van der Waals surface area contributed by atoms with Crippen molar-refractivity contribution in [1.29, 1.82) is 0 Å². The zero-order chi connectivity index (χ0) is 8.43. The number of benzene rings is 1. The molecule has 0 amide bonds. The van der Waals surface area contributed by atoms with Crippen LogP contribution in [-0.4, -0.2) is 0 Å². The Morgan fingerprint density at radius 3 is 2.64 bits per heavy atom. The van der Waals surface area contributed by atoms with Gasteiger partial charge >= 0.3 is 0 Å². The van der Waals surface area contributed by atoms with E-state index in [0.29, 0.717) is 4.47 Å². The molecule has 1 aromatic rings. The molecule has 0 spiro atoms. The predicted molar refractivity (Wildman–Crippen MR) is 46.7 cm³/mol. The Labute approximate surface area is 73.5 Å². The average molecular weight is 218 g/mol. The Balaban J connectivity index is 3.05. The number of rotatable bonds is 1. The molecule has 0 fully saturated rings. The second-order valence-corrected chi connectivity index (χ2v) is 3.32. The summed E-state index contributed by atoms with van der Waals surface area (Å²) in [6.45, 7) is 1.82. The Hall–Kier alpha value is -0.410. The van der Waals surface area contributed by atoms with Gasteiger partial charge in [0.15, 0.2) is 0 Å². The summed E-state index contributed by atoms with van der Waals surface area (Å²) < 4.78 is 13.3. The molecule has 0 saturated carbocycles. The molecule has 0 unspecified atom stereocenters. The second-order valence-electron chi connectivity index (χ2n) is 2.46. The van der Waals surface area contributed by atoms with Crippen LogP contribution in [0, 0.1) is 5.82 Å². The van der Waals surface area contributed by atoms with Crippen LogP contribution in [0.15, 0.2) is 22.7 Å². The number of halogens is 2. The van der Waals surface area contributed by atoms with E-state index < -0.39 is 0 Å². The van der Waals surface area contributed by atoms with Crippen molar-refractivity contribution in [2.24, 2.45) is 5.73 Å². The van der Waals surface area contributed by atoms with Gasteiger partial charge in [-0.2, -0.15) is 0 Å². The van der Waals surface area contributed by atoms with Crippen LogP contribution in [0.4, 0.5) is 4.39 Å². The maximum Gasteiger partial charge on any atom is 0.137 e. The van der Waals surface area contributed by atoms with Crippen LogP contribution in [0.1, 0.15) is 18.5 Å². The highest BCUT2D eigenvalue weighted by atomic mass is 79.9. The molecule has 60 valence electrons. The maximum absolute atomic E-state index is 12.8. The van der Waals surface area contributed by atoms with Crippen LogP contribution < -0.4 is 5.73 Å². The standard InChI is InChI=1S/C8H9BrFN/c1-5(11)6-2-3-7(9)8(10)4-6/h2-5H,11H2,1H3/t5-/m1/s1. The first kappa shape index (κ1) is 8.68. The van der Waals surface area contributed by atoms with Gasteiger partial charge in [0.05, 0.1) is 4.47 Å². The van der Waals surface area contributed by atoms with Gasteiger partial charge in [-0.05, 0) is 40.5 Å². The molecule has 0 bridgehead atoms. The van der Waals surface area contributed by atoms with Crippen molar-refractivity contribution >= 4 is 15.9 Å². The Morgan fingerprint density at radius 1 is 1.55 bits per heavy atom. The fourth-order valence-electron chi connectivity index (χ4n) is 0.796. The van der Waals surface area contributed by atoms with Crippen molar-refractivity contribution in [3.8, 4) is 0 Å². The van der Waals surface area contributed by atoms with E-state index in [1.165, 1.54) is 6.07 Å². The van der Waals surface area contributed by atoms with Crippen molar-refractivity contribution in [2.75, 3.05) is 0 Å². The van der Waals surface area contributed by atoms with Crippen molar-refractivity contribution in [3.63, 3.8) is 0 Å². The Kier molecular flexibility index (Phi) is 2.62. The molecule has 11 heavy (non-hydrogen) atoms. The monoisotopic (exact) mass is 217 g/mol. The molecule has 0 aliphatic rings. The lowest BCUT2D eigenvalue weighted by Gasteiger charge is -2.05. The fourth-order valence-corrected chi connectivity index (χ4v) is 1.04. The van der Waals surface area contributed by atoms with Gasteiger partial charge in [0.1, 0.15) is 5.82 Å². The predicted octanol–water partition coefficient (Wildman–Crippen LogP) is 2.61. The molecule has 1 aromatic carbocycles. The van der Waals surface area contributed by atoms with E-state index in [2.05, 4.69) is 15.9 Å². The second kappa shape index (κ2) is 3.32. The molecule has 1 atom stereocenters. The van der Waals surface area contributed by atoms with E-state index in [0.717, 1.165) is 5.56 Å². The zero-order valence-corrected chi connectivity index (χ0v) is 7.73. The molecule has 0 aromatic heterocycles. The molecular weight excluding hydrogens is 209 g/mol. The summed E-state index contributed by atoms with van der Waals surface area (Å²) in [6.07, 6.45) is 0. The first-order chi connectivity index (χ1) is 5.11. The van der Waals surface area contributed by atoms with Crippen LogP contribution in [0.5, 0.6) is 0 Å². The summed E-state index contributed by atoms with van der Waals surface area (Å²) in [4.78, 5) is 0. The third-order valence-electron chi connectivity index (χ3n) is 1.47. The minimum absolute atomic E-state index is 0.113. The van der Waals surface area contributed by atoms with Crippen LogP contribution >= 0.6 is 15.9 Å². The van der Waals surface area contributed by atoms with Crippen LogP contribution in [0.25, 0.3) is 0 Å². The molecule has 2 N–H and O–H groups in total. The lowest BCUT2D eigenvalue weighted by Crippen LogP contribution is -2.04. The van der Waals surface area contributed by atoms with Gasteiger partial charge in [0.25, 0.3) is 0 Å². The van der Waals surface area contributed by atoms with Crippen LogP contribution in [-0.2, 0) is 0 Å². The van der Waals surface area contributed by atoms with E-state index in [9.17, 15) is 4.39 Å². The summed E-state index contributed by atoms with van der Waals surface area (Å²) in [7, 11) is 0. The molecule has 0 saturated heterocycles. The van der Waals surface area contributed by atoms with Gasteiger partial charge in [-0.25, -0.2) is 4.39 Å². The summed E-state index contributed by atoms with van der Waals surface area (Å²) in [5.41, 5.74) is 6.36. The van der Waals surface area contributed by atoms with Crippen molar-refractivity contribution < 1.29 is 4.39 Å². The van der Waals surface area contributed by atoms with Crippen LogP contribution in [0.3, 0.4) is 0 Å². The van der Waals surface area contributed by atoms with Crippen molar-refractivity contribution in [3.05, 3.63) is 34.1 Å². The SMILES string of the molecule is C[C@@H](N)c1ccc(Br)c(F)c1. The molecule has 0 radical (unpaired) electrons. The van der Waals surface area contributed by atoms with Gasteiger partial charge < -0.3 is 5.73 Å². The minimum Gasteiger partial charge on any atom is -0.324 e. The number of hydrogen-bond acceptors (Lipinski definition) is 1. The minimum atomic E-state index is -0.264. The van der Waals surface area contributed by atoms with Gasteiger partial charge in [0.2, 0.25) is 0 Å². The topological polar surface area (TPSA) is 26.0 Å². The number of hydrogen-bond donors (Lipinski definition) is 1. The lowest BCUT2D eigenvalue weighted by molar-refractivity contribution is 0.615. The molecule has 0 aliphatic heterocycles. The third kappa shape index (κ3) is 2.01. The zero-order valence-electron chi connectivity index (χ0n) is 6.14. The normalized spacial score (nSPS) is 13.1. The molecular formula is C8H9BrFN. The summed E-state index contributed by atoms with van der Waals surface area (Å²) >= 11 is 3.06. The van der Waals surface area contributed by atoms with E-state index in [1.807, 2.05) is 6.92 Å². The number of nitrogens with two attached hydrogens (primary N) is 1. The molecule has 0 aliphatic carbocycles. The van der Waals surface area contributed by atoms with Gasteiger partial charge in [0, 0.05) is 6.04 Å². The Morgan fingerprint density at radius 2 is 2.18 bits per heavy atom. The van der Waals surface area contributed by atoms with Crippen LogP contribution in [0.2, 0.25) is 0 Å². The first-order valence-corrected chi connectivity index (χ1v) is 4.11. The highest BCUT2D eigenvalue weighted by molar-refractivity contribution is 9.10. The summed E-state index contributed by atoms with van der Waals surface area (Å²) in [5, 5.41) is 0. The van der Waals surface area contributed by atoms with E-state index in [-0.39, 0.29) is 11.9 Å². The quantitative estimate of drug-likeness (QED) is 0.770. The molecule has 0 heterocycles. The van der Waals surface area contributed by atoms with Crippen molar-refractivity contribution in [1.82, 2.24) is 0 Å². The third-order valence-corrected chi connectivity index (χ3v) is 2.11. The highest BCUT2D eigenvalue weighted by Crippen LogP contribution is 2.18. The van der Waals surface area contributed by atoms with Gasteiger partial charge in [-0.15, -0.1) is 0 Å². The largest absolute Gasteiger partial charge is 0.324 e. The average Bonchev–Trinajstić information content (AvgIpc) is 1.94. The maximum atomic E-state index is 12.8. The fraction of sp³-hybridized carbons (Fsp3) is 0.250. The summed E-state index contributed by atoms with van der Waals surface area (Å²) in [5.74, 6) is -0.264. The molecule has 1 rings (SSSR count). The Bertz CT molecular complexity index is 260. The molecule has 1 nitrogen and oxygen atoms in total. The highest BCUT2D eigenvalue weighted by Gasteiger charge is 2.02. The van der Waals surface area contributed by atoms with E-state index in [4.69, 9.17) is 5.73 Å². The van der Waals surface area contributed by atoms with E-state index in [1.54, 1.807) is 12.1 Å². The van der Waals surface area contributed by atoms with Crippen molar-refractivity contribution in [2.45, 2.75) is 13.0 Å². The van der Waals surface area contributed by atoms with Gasteiger partial charge in [-0.1, -0.05) is 6.07 Å². The summed E-state index contributed by atoms with van der Waals surface area (Å²) in [6, 6.07) is 4.79.